The summed E-state index contributed by atoms with van der Waals surface area (Å²) in [4.78, 5) is 12.1. The molecule has 1 heterocycles. The Morgan fingerprint density at radius 3 is 2.86 bits per heavy atom. The molecule has 148 valence electrons. The van der Waals surface area contributed by atoms with Crippen LogP contribution >= 0.6 is 0 Å². The first-order valence-electron chi connectivity index (χ1n) is 9.40. The maximum Gasteiger partial charge on any atom is 0.189 e. The van der Waals surface area contributed by atoms with Crippen LogP contribution in [0.2, 0.25) is 0 Å². The van der Waals surface area contributed by atoms with Crippen LogP contribution < -0.4 is 4.74 Å². The van der Waals surface area contributed by atoms with E-state index in [0.717, 1.165) is 45.8 Å². The minimum Gasteiger partial charge on any atom is -0.467 e. The Labute approximate surface area is 166 Å². The molecule has 2 aromatic rings. The largest absolute Gasteiger partial charge is 0.467 e. The lowest BCUT2D eigenvalue weighted by Crippen LogP contribution is -2.14. The van der Waals surface area contributed by atoms with E-state index in [-0.39, 0.29) is 0 Å². The average Bonchev–Trinajstić information content (AvgIpc) is 2.71. The van der Waals surface area contributed by atoms with E-state index in [4.69, 9.17) is 14.3 Å². The topological polar surface area (TPSA) is 55.7 Å². The first-order chi connectivity index (χ1) is 13.6. The number of benzene rings is 2. The second kappa shape index (κ2) is 9.37. The van der Waals surface area contributed by atoms with Gasteiger partial charge in [0, 0.05) is 19.2 Å². The third-order valence-corrected chi connectivity index (χ3v) is 4.66. The summed E-state index contributed by atoms with van der Waals surface area (Å²) in [7, 11) is 2.01. The molecule has 6 heteroatoms. The predicted octanol–water partition coefficient (Wildman–Crippen LogP) is 4.33. The minimum atomic E-state index is 0.295. The van der Waals surface area contributed by atoms with Crippen molar-refractivity contribution in [2.75, 3.05) is 20.4 Å². The van der Waals surface area contributed by atoms with Crippen LogP contribution in [0.1, 0.15) is 34.7 Å². The van der Waals surface area contributed by atoms with Gasteiger partial charge >= 0.3 is 0 Å². The van der Waals surface area contributed by atoms with Crippen LogP contribution in [0.3, 0.4) is 0 Å². The first-order valence-corrected chi connectivity index (χ1v) is 9.40. The fourth-order valence-electron chi connectivity index (χ4n) is 2.75. The highest BCUT2D eigenvalue weighted by Crippen LogP contribution is 2.25. The molecule has 0 saturated heterocycles. The number of hydrogen-bond acceptors (Lipinski definition) is 5. The van der Waals surface area contributed by atoms with Gasteiger partial charge in [0.1, 0.15) is 12.4 Å². The maximum absolute atomic E-state index is 5.49. The fraction of sp³-hybridized carbons (Fsp3) is 0.364. The van der Waals surface area contributed by atoms with Crippen molar-refractivity contribution in [1.82, 2.24) is 4.90 Å². The van der Waals surface area contributed by atoms with Crippen molar-refractivity contribution in [2.24, 2.45) is 10.1 Å². The summed E-state index contributed by atoms with van der Waals surface area (Å²) < 4.78 is 10.7. The summed E-state index contributed by atoms with van der Waals surface area (Å²) in [6, 6.07) is 10.1. The number of hydrogen-bond donors (Lipinski definition) is 0. The molecule has 0 saturated carbocycles. The van der Waals surface area contributed by atoms with E-state index in [1.54, 1.807) is 6.21 Å². The van der Waals surface area contributed by atoms with Crippen molar-refractivity contribution in [3.05, 3.63) is 58.1 Å². The molecule has 0 fully saturated rings. The Morgan fingerprint density at radius 2 is 2.04 bits per heavy atom. The lowest BCUT2D eigenvalue weighted by molar-refractivity contribution is -0.0165. The van der Waals surface area contributed by atoms with Gasteiger partial charge in [0.05, 0.1) is 24.8 Å². The second-order valence-electron chi connectivity index (χ2n) is 6.87. The lowest BCUT2D eigenvalue weighted by Gasteiger charge is -2.17. The molecule has 0 unspecified atom stereocenters. The van der Waals surface area contributed by atoms with Crippen molar-refractivity contribution in [3.8, 4) is 5.75 Å². The van der Waals surface area contributed by atoms with Crippen LogP contribution in [0.4, 0.5) is 5.69 Å². The molecule has 1 aliphatic rings. The number of rotatable bonds is 7. The quantitative estimate of drug-likeness (QED) is 0.407. The predicted molar refractivity (Wildman–Crippen MR) is 111 cm³/mol. The summed E-state index contributed by atoms with van der Waals surface area (Å²) in [6.45, 7) is 8.38. The minimum absolute atomic E-state index is 0.295. The van der Waals surface area contributed by atoms with Crippen LogP contribution in [-0.2, 0) is 22.8 Å². The summed E-state index contributed by atoms with van der Waals surface area (Å²) >= 11 is 0. The van der Waals surface area contributed by atoms with E-state index >= 15 is 0 Å². The number of fused-ring (bicyclic) bond motifs is 1. The van der Waals surface area contributed by atoms with Crippen molar-refractivity contribution < 1.29 is 14.3 Å². The van der Waals surface area contributed by atoms with Crippen LogP contribution in [-0.4, -0.2) is 37.8 Å². The standard InChI is InChI=1S/C22H27N3O3/c1-5-25(4)14-23-21-9-16(2)20(8-17(21)3)11-24-28-12-18-6-7-19-13-26-15-27-22(19)10-18/h6-11,14H,5,12-13,15H2,1-4H3/b23-14-,24-11+. The molecular formula is C22H27N3O3. The molecule has 0 amide bonds. The van der Waals surface area contributed by atoms with Crippen LogP contribution in [0.15, 0.2) is 40.5 Å². The molecule has 6 nitrogen and oxygen atoms in total. The van der Waals surface area contributed by atoms with Crippen LogP contribution in [0, 0.1) is 13.8 Å². The van der Waals surface area contributed by atoms with Crippen LogP contribution in [0.25, 0.3) is 0 Å². The molecule has 0 aromatic heterocycles. The van der Waals surface area contributed by atoms with Crippen molar-refractivity contribution in [3.63, 3.8) is 0 Å². The van der Waals surface area contributed by atoms with Crippen molar-refractivity contribution in [1.29, 1.82) is 0 Å². The summed E-state index contributed by atoms with van der Waals surface area (Å²) in [6.07, 6.45) is 3.60. The van der Waals surface area contributed by atoms with Gasteiger partial charge in [0.25, 0.3) is 0 Å². The van der Waals surface area contributed by atoms with Crippen molar-refractivity contribution in [2.45, 2.75) is 34.0 Å². The molecule has 0 aliphatic carbocycles. The van der Waals surface area contributed by atoms with E-state index in [0.29, 0.717) is 20.0 Å². The number of ether oxygens (including phenoxy) is 2. The Bertz CT molecular complexity index is 878. The van der Waals surface area contributed by atoms with E-state index in [2.05, 4.69) is 29.2 Å². The highest BCUT2D eigenvalue weighted by molar-refractivity contribution is 5.83. The van der Waals surface area contributed by atoms with Gasteiger partial charge in [-0.2, -0.15) is 0 Å². The van der Waals surface area contributed by atoms with E-state index < -0.39 is 0 Å². The van der Waals surface area contributed by atoms with Gasteiger partial charge in [0.2, 0.25) is 0 Å². The molecule has 28 heavy (non-hydrogen) atoms. The monoisotopic (exact) mass is 381 g/mol. The normalized spacial score (nSPS) is 13.6. The van der Waals surface area contributed by atoms with Crippen molar-refractivity contribution >= 4 is 18.2 Å². The Morgan fingerprint density at radius 1 is 1.18 bits per heavy atom. The molecule has 0 bridgehead atoms. The number of aliphatic imine (C=N–C) groups is 1. The second-order valence-corrected chi connectivity index (χ2v) is 6.87. The van der Waals surface area contributed by atoms with E-state index in [1.165, 1.54) is 0 Å². The van der Waals surface area contributed by atoms with Crippen LogP contribution in [0.5, 0.6) is 5.75 Å². The highest BCUT2D eigenvalue weighted by atomic mass is 16.7. The van der Waals surface area contributed by atoms with Gasteiger partial charge in [-0.15, -0.1) is 0 Å². The summed E-state index contributed by atoms with van der Waals surface area (Å²) in [5.74, 6) is 0.854. The zero-order valence-corrected chi connectivity index (χ0v) is 16.9. The molecule has 0 atom stereocenters. The average molecular weight is 381 g/mol. The van der Waals surface area contributed by atoms with E-state index in [9.17, 15) is 0 Å². The number of nitrogens with zero attached hydrogens (tertiary/aromatic N) is 3. The molecular weight excluding hydrogens is 354 g/mol. The molecule has 0 radical (unpaired) electrons. The molecule has 2 aromatic carbocycles. The van der Waals surface area contributed by atoms with Gasteiger partial charge in [-0.3, -0.25) is 0 Å². The fourth-order valence-corrected chi connectivity index (χ4v) is 2.75. The van der Waals surface area contributed by atoms with Gasteiger partial charge < -0.3 is 19.2 Å². The third kappa shape index (κ3) is 5.10. The first kappa shape index (κ1) is 19.9. The Kier molecular flexibility index (Phi) is 6.66. The Balaban J connectivity index is 1.61. The van der Waals surface area contributed by atoms with Gasteiger partial charge in [-0.1, -0.05) is 17.3 Å². The maximum atomic E-state index is 5.49. The zero-order valence-electron chi connectivity index (χ0n) is 16.9. The molecule has 0 N–H and O–H groups in total. The molecule has 1 aliphatic heterocycles. The highest BCUT2D eigenvalue weighted by Gasteiger charge is 2.10. The van der Waals surface area contributed by atoms with Gasteiger partial charge in [0.15, 0.2) is 6.79 Å². The molecule has 0 spiro atoms. The Hall–Kier alpha value is -2.86. The number of aryl methyl sites for hydroxylation is 2. The van der Waals surface area contributed by atoms with Gasteiger partial charge in [-0.05, 0) is 61.2 Å². The molecule has 3 rings (SSSR count). The number of oxime groups is 1. The summed E-state index contributed by atoms with van der Waals surface area (Å²) in [5.41, 5.74) is 6.25. The third-order valence-electron chi connectivity index (χ3n) is 4.66. The smallest absolute Gasteiger partial charge is 0.189 e. The SMILES string of the molecule is CCN(C)/C=N\c1cc(C)c(/C=N/OCc2ccc3c(c2)OCOC3)cc1C. The lowest BCUT2D eigenvalue weighted by atomic mass is 10.0. The zero-order chi connectivity index (χ0) is 19.9. The van der Waals surface area contributed by atoms with E-state index in [1.807, 2.05) is 50.3 Å². The van der Waals surface area contributed by atoms with Gasteiger partial charge in [-0.25, -0.2) is 4.99 Å². The summed E-state index contributed by atoms with van der Waals surface area (Å²) in [5, 5.41) is 4.13.